The number of nitrogens with zero attached hydrogens (tertiary/aromatic N) is 1. The highest BCUT2D eigenvalue weighted by molar-refractivity contribution is 7.14. The highest BCUT2D eigenvalue weighted by atomic mass is 32.1. The van der Waals surface area contributed by atoms with E-state index in [9.17, 15) is 18.0 Å². The van der Waals surface area contributed by atoms with Gasteiger partial charge in [-0.3, -0.25) is 4.79 Å². The normalized spacial score (nSPS) is 11.1. The molecule has 0 unspecified atom stereocenters. The van der Waals surface area contributed by atoms with Crippen LogP contribution in [0.3, 0.4) is 0 Å². The predicted molar refractivity (Wildman–Crippen MR) is 109 cm³/mol. The lowest BCUT2D eigenvalue weighted by atomic mass is 10.1. The third kappa shape index (κ3) is 5.20. The number of benzene rings is 2. The largest absolute Gasteiger partial charge is 0.495 e. The van der Waals surface area contributed by atoms with E-state index in [0.717, 1.165) is 29.6 Å². The fraction of sp³-hybridized carbons (Fsp3) is 0.200. The summed E-state index contributed by atoms with van der Waals surface area (Å²) in [5.74, 6) is 0.195. The second-order valence-corrected chi connectivity index (χ2v) is 6.85. The molecule has 2 N–H and O–H groups in total. The second-order valence-electron chi connectivity index (χ2n) is 5.99. The zero-order valence-corrected chi connectivity index (χ0v) is 16.9. The lowest BCUT2D eigenvalue weighted by Gasteiger charge is -2.13. The van der Waals surface area contributed by atoms with Crippen LogP contribution in [0.4, 0.5) is 29.7 Å². The second kappa shape index (κ2) is 9.04. The van der Waals surface area contributed by atoms with Gasteiger partial charge in [0.1, 0.15) is 17.2 Å². The molecule has 0 aliphatic heterocycles. The van der Waals surface area contributed by atoms with Gasteiger partial charge in [-0.05, 0) is 49.4 Å². The maximum Gasteiger partial charge on any atom is 0.416 e. The quantitative estimate of drug-likeness (QED) is 0.506. The summed E-state index contributed by atoms with van der Waals surface area (Å²) in [7, 11) is 1.31. The molecule has 0 bridgehead atoms. The van der Waals surface area contributed by atoms with E-state index in [-0.39, 0.29) is 17.1 Å². The van der Waals surface area contributed by atoms with E-state index in [1.54, 1.807) is 24.3 Å². The molecule has 0 radical (unpaired) electrons. The zero-order valence-electron chi connectivity index (χ0n) is 16.0. The molecule has 2 aromatic carbocycles. The van der Waals surface area contributed by atoms with Gasteiger partial charge in [0.15, 0.2) is 5.13 Å². The minimum atomic E-state index is -4.54. The summed E-state index contributed by atoms with van der Waals surface area (Å²) in [5, 5.41) is 7.45. The van der Waals surface area contributed by atoms with E-state index in [1.165, 1.54) is 23.8 Å². The van der Waals surface area contributed by atoms with E-state index >= 15 is 0 Å². The van der Waals surface area contributed by atoms with Gasteiger partial charge < -0.3 is 20.1 Å². The number of hydrogen-bond donors (Lipinski definition) is 2. The summed E-state index contributed by atoms with van der Waals surface area (Å²) in [6.07, 6.45) is -4.54. The highest BCUT2D eigenvalue weighted by Crippen LogP contribution is 2.35. The maximum absolute atomic E-state index is 13.0. The van der Waals surface area contributed by atoms with Crippen LogP contribution >= 0.6 is 11.3 Å². The van der Waals surface area contributed by atoms with Crippen LogP contribution in [0.2, 0.25) is 0 Å². The molecule has 6 nitrogen and oxygen atoms in total. The monoisotopic (exact) mass is 437 g/mol. The number of amides is 1. The Bertz CT molecular complexity index is 1020. The molecule has 0 spiro atoms. The van der Waals surface area contributed by atoms with Gasteiger partial charge >= 0.3 is 6.18 Å². The molecule has 0 aliphatic rings. The number of carbonyl (C=O) groups is 1. The van der Waals surface area contributed by atoms with Gasteiger partial charge in [-0.15, -0.1) is 11.3 Å². The van der Waals surface area contributed by atoms with Crippen molar-refractivity contribution in [1.29, 1.82) is 0 Å². The first-order chi connectivity index (χ1) is 14.3. The van der Waals surface area contributed by atoms with Crippen molar-refractivity contribution >= 4 is 33.8 Å². The van der Waals surface area contributed by atoms with E-state index in [4.69, 9.17) is 9.47 Å². The minimum Gasteiger partial charge on any atom is -0.495 e. The molecule has 1 aromatic heterocycles. The van der Waals surface area contributed by atoms with Crippen LogP contribution in [0.1, 0.15) is 23.0 Å². The highest BCUT2D eigenvalue weighted by Gasteiger charge is 2.31. The van der Waals surface area contributed by atoms with Crippen LogP contribution in [-0.2, 0) is 6.18 Å². The molecular weight excluding hydrogens is 419 g/mol. The summed E-state index contributed by atoms with van der Waals surface area (Å²) in [5.41, 5.74) is -0.173. The molecule has 0 atom stereocenters. The van der Waals surface area contributed by atoms with Crippen LogP contribution < -0.4 is 20.1 Å². The molecule has 30 heavy (non-hydrogen) atoms. The van der Waals surface area contributed by atoms with E-state index in [1.807, 2.05) is 6.92 Å². The van der Waals surface area contributed by atoms with E-state index in [2.05, 4.69) is 15.6 Å². The Labute approximate surface area is 174 Å². The van der Waals surface area contributed by atoms with Crippen LogP contribution in [0.25, 0.3) is 0 Å². The molecule has 158 valence electrons. The van der Waals surface area contributed by atoms with Crippen LogP contribution in [0.15, 0.2) is 47.8 Å². The number of anilines is 3. The first-order valence-electron chi connectivity index (χ1n) is 8.82. The Morgan fingerprint density at radius 3 is 2.53 bits per heavy atom. The minimum absolute atomic E-state index is 0.0629. The number of ether oxygens (including phenoxy) is 2. The van der Waals surface area contributed by atoms with Crippen molar-refractivity contribution in [3.63, 3.8) is 0 Å². The van der Waals surface area contributed by atoms with Crippen molar-refractivity contribution in [2.24, 2.45) is 0 Å². The van der Waals surface area contributed by atoms with Crippen molar-refractivity contribution in [2.45, 2.75) is 13.1 Å². The topological polar surface area (TPSA) is 72.5 Å². The van der Waals surface area contributed by atoms with Crippen molar-refractivity contribution in [3.05, 3.63) is 59.1 Å². The summed E-state index contributed by atoms with van der Waals surface area (Å²) in [6.45, 7) is 2.46. The number of aromatic nitrogens is 1. The first kappa shape index (κ1) is 21.4. The van der Waals surface area contributed by atoms with Crippen LogP contribution in [0.5, 0.6) is 11.5 Å². The predicted octanol–water partition coefficient (Wildman–Crippen LogP) is 5.57. The third-order valence-corrected chi connectivity index (χ3v) is 4.69. The Morgan fingerprint density at radius 1 is 1.17 bits per heavy atom. The van der Waals surface area contributed by atoms with Crippen molar-refractivity contribution in [3.8, 4) is 11.5 Å². The molecular formula is C20H18F3N3O3S. The van der Waals surface area contributed by atoms with Gasteiger partial charge in [0.05, 0.1) is 25.0 Å². The Balaban J connectivity index is 1.72. The smallest absolute Gasteiger partial charge is 0.416 e. The van der Waals surface area contributed by atoms with Crippen molar-refractivity contribution < 1.29 is 27.4 Å². The average Bonchev–Trinajstić information content (AvgIpc) is 3.17. The summed E-state index contributed by atoms with van der Waals surface area (Å²) in [6, 6.07) is 10.1. The van der Waals surface area contributed by atoms with Crippen LogP contribution in [-0.4, -0.2) is 24.6 Å². The molecule has 3 aromatic rings. The average molecular weight is 437 g/mol. The lowest BCUT2D eigenvalue weighted by Crippen LogP contribution is -2.14. The van der Waals surface area contributed by atoms with Gasteiger partial charge in [0.25, 0.3) is 5.91 Å². The van der Waals surface area contributed by atoms with Gasteiger partial charge in [0.2, 0.25) is 0 Å². The summed E-state index contributed by atoms with van der Waals surface area (Å²) in [4.78, 5) is 16.7. The lowest BCUT2D eigenvalue weighted by molar-refractivity contribution is -0.137. The van der Waals surface area contributed by atoms with Gasteiger partial charge in [-0.2, -0.15) is 13.2 Å². The molecule has 3 rings (SSSR count). The Morgan fingerprint density at radius 2 is 1.90 bits per heavy atom. The number of methoxy groups -OCH3 is 1. The fourth-order valence-corrected chi connectivity index (χ4v) is 3.24. The number of alkyl halides is 3. The summed E-state index contributed by atoms with van der Waals surface area (Å²) < 4.78 is 49.3. The molecule has 1 heterocycles. The van der Waals surface area contributed by atoms with Gasteiger partial charge in [-0.25, -0.2) is 4.98 Å². The third-order valence-electron chi connectivity index (χ3n) is 3.93. The zero-order chi connectivity index (χ0) is 21.7. The SMILES string of the molecule is CCOc1ccc(Nc2nc(C(=O)Nc3cc(C(F)(F)F)ccc3OC)cs2)cc1. The number of nitrogens with one attached hydrogen (secondary N) is 2. The van der Waals surface area contributed by atoms with Crippen molar-refractivity contribution in [1.82, 2.24) is 4.98 Å². The number of carbonyl (C=O) groups excluding carboxylic acids is 1. The standard InChI is InChI=1S/C20H18F3N3O3S/c1-3-29-14-7-5-13(6-8-14)24-19-26-16(11-30-19)18(27)25-15-10-12(20(21,22)23)4-9-17(15)28-2/h4-11H,3H2,1-2H3,(H,24,26)(H,25,27). The fourth-order valence-electron chi connectivity index (χ4n) is 2.53. The van der Waals surface area contributed by atoms with E-state index < -0.39 is 17.6 Å². The summed E-state index contributed by atoms with van der Waals surface area (Å²) >= 11 is 1.19. The maximum atomic E-state index is 13.0. The molecule has 0 saturated heterocycles. The molecule has 0 aliphatic carbocycles. The Hall–Kier alpha value is -3.27. The number of rotatable bonds is 7. The molecule has 0 fully saturated rings. The van der Waals surface area contributed by atoms with Gasteiger partial charge in [0, 0.05) is 11.1 Å². The van der Waals surface area contributed by atoms with E-state index in [0.29, 0.717) is 11.7 Å². The van der Waals surface area contributed by atoms with Crippen LogP contribution in [0, 0.1) is 0 Å². The van der Waals surface area contributed by atoms with Gasteiger partial charge in [-0.1, -0.05) is 0 Å². The molecule has 10 heteroatoms. The Kier molecular flexibility index (Phi) is 6.46. The molecule has 0 saturated carbocycles. The first-order valence-corrected chi connectivity index (χ1v) is 9.70. The number of hydrogen-bond acceptors (Lipinski definition) is 6. The number of thiazole rings is 1. The molecule has 1 amide bonds. The number of halogens is 3. The van der Waals surface area contributed by atoms with Crippen molar-refractivity contribution in [2.75, 3.05) is 24.4 Å².